The van der Waals surface area contributed by atoms with Gasteiger partial charge in [-0.25, -0.2) is 28.9 Å². The van der Waals surface area contributed by atoms with Crippen LogP contribution in [0.15, 0.2) is 29.7 Å². The molecule has 0 aliphatic carbocycles. The van der Waals surface area contributed by atoms with E-state index in [2.05, 4.69) is 24.5 Å². The van der Waals surface area contributed by atoms with Crippen LogP contribution in [0.5, 0.6) is 0 Å². The first-order valence-corrected chi connectivity index (χ1v) is 14.9. The fourth-order valence-electron chi connectivity index (χ4n) is 4.43. The number of nitrogens with zero attached hydrogens (tertiary/aromatic N) is 6. The van der Waals surface area contributed by atoms with Gasteiger partial charge in [-0.1, -0.05) is 0 Å². The largest absolute Gasteiger partial charge is 0.472 e. The van der Waals surface area contributed by atoms with Crippen molar-refractivity contribution in [2.24, 2.45) is 0 Å². The van der Waals surface area contributed by atoms with Crippen molar-refractivity contribution in [3.63, 3.8) is 0 Å². The highest BCUT2D eigenvalue weighted by Crippen LogP contribution is 2.49. The number of rotatable bonds is 10. The predicted molar refractivity (Wildman–Crippen MR) is 134 cm³/mol. The molecule has 7 atom stereocenters. The Hall–Kier alpha value is -2.87. The number of hydrogen-bond acceptors (Lipinski definition) is 15. The standard InChI is InChI=1S/C19H26N8O12P2/c20-13-1-2-26(19(29)25-13)15-4-10(12(38-15)6-35-40(30,31)32)39-41(33,34)36-5-11-9(28)3-14(37-11)27-8-24-16-17(21)22-7-23-18(16)27/h1-2,7-12,14-15,28H,3-6H2,(H,33,34)(H2,20,25,29)(H2,21,22,23)(H2,30,31,32)/t9?,10?,11-,12-,14-,15-/m1/s1. The first kappa shape index (κ1) is 29.6. The lowest BCUT2D eigenvalue weighted by molar-refractivity contribution is -0.0558. The zero-order valence-corrected chi connectivity index (χ0v) is 22.7. The van der Waals surface area contributed by atoms with Crippen molar-refractivity contribution in [1.82, 2.24) is 29.1 Å². The van der Waals surface area contributed by atoms with Crippen molar-refractivity contribution < 1.29 is 52.0 Å². The second kappa shape index (κ2) is 11.4. The Morgan fingerprint density at radius 2 is 1.71 bits per heavy atom. The molecule has 224 valence electrons. The minimum atomic E-state index is -4.94. The van der Waals surface area contributed by atoms with Crippen LogP contribution >= 0.6 is 15.6 Å². The Morgan fingerprint density at radius 3 is 2.44 bits per heavy atom. The van der Waals surface area contributed by atoms with Crippen LogP contribution in [0, 0.1) is 0 Å². The van der Waals surface area contributed by atoms with Crippen molar-refractivity contribution in [3.8, 4) is 0 Å². The summed E-state index contributed by atoms with van der Waals surface area (Å²) in [6.07, 6.45) is -2.86. The quantitative estimate of drug-likeness (QED) is 0.145. The zero-order chi connectivity index (χ0) is 29.5. The van der Waals surface area contributed by atoms with Crippen molar-refractivity contribution >= 4 is 38.4 Å². The normalized spacial score (nSPS) is 28.3. The summed E-state index contributed by atoms with van der Waals surface area (Å²) in [5.74, 6) is 0.106. The van der Waals surface area contributed by atoms with Gasteiger partial charge in [-0.15, -0.1) is 0 Å². The van der Waals surface area contributed by atoms with Crippen LogP contribution in [0.2, 0.25) is 0 Å². The first-order chi connectivity index (χ1) is 19.3. The van der Waals surface area contributed by atoms with Crippen LogP contribution in [0.1, 0.15) is 25.3 Å². The van der Waals surface area contributed by atoms with E-state index in [0.29, 0.717) is 11.2 Å². The van der Waals surface area contributed by atoms with Gasteiger partial charge < -0.3 is 40.7 Å². The lowest BCUT2D eigenvalue weighted by atomic mass is 10.2. The number of aliphatic hydroxyl groups is 1. The lowest BCUT2D eigenvalue weighted by Crippen LogP contribution is -2.30. The summed E-state index contributed by atoms with van der Waals surface area (Å²) in [5, 5.41) is 10.5. The van der Waals surface area contributed by atoms with Crippen LogP contribution in [0.25, 0.3) is 11.2 Å². The number of imidazole rings is 1. The van der Waals surface area contributed by atoms with Gasteiger partial charge in [0.1, 0.15) is 48.4 Å². The molecule has 2 saturated heterocycles. The van der Waals surface area contributed by atoms with E-state index in [9.17, 15) is 23.9 Å². The summed E-state index contributed by atoms with van der Waals surface area (Å²) in [5.41, 5.74) is 11.2. The molecule has 41 heavy (non-hydrogen) atoms. The Morgan fingerprint density at radius 1 is 1.00 bits per heavy atom. The molecule has 0 radical (unpaired) electrons. The molecule has 5 heterocycles. The highest BCUT2D eigenvalue weighted by atomic mass is 31.2. The van der Waals surface area contributed by atoms with Gasteiger partial charge in [-0.05, 0) is 6.07 Å². The molecule has 3 unspecified atom stereocenters. The minimum absolute atomic E-state index is 0.0520. The predicted octanol–water partition coefficient (Wildman–Crippen LogP) is -1.21. The second-order valence-electron chi connectivity index (χ2n) is 9.12. The number of phosphoric acid groups is 2. The molecule has 5 rings (SSSR count). The summed E-state index contributed by atoms with van der Waals surface area (Å²) >= 11 is 0. The molecule has 22 heteroatoms. The molecule has 0 bridgehead atoms. The number of fused-ring (bicyclic) bond motifs is 1. The third kappa shape index (κ3) is 6.79. The summed E-state index contributed by atoms with van der Waals surface area (Å²) in [6.45, 7) is -1.32. The number of aliphatic hydroxyl groups excluding tert-OH is 1. The third-order valence-electron chi connectivity index (χ3n) is 6.32. The van der Waals surface area contributed by atoms with Gasteiger partial charge in [0, 0.05) is 19.0 Å². The first-order valence-electron chi connectivity index (χ1n) is 11.9. The number of nitrogen functional groups attached to an aromatic ring is 2. The second-order valence-corrected chi connectivity index (χ2v) is 11.8. The molecule has 0 aromatic carbocycles. The van der Waals surface area contributed by atoms with E-state index in [1.165, 1.54) is 29.5 Å². The van der Waals surface area contributed by atoms with Crippen molar-refractivity contribution in [3.05, 3.63) is 35.4 Å². The molecule has 0 amide bonds. The monoisotopic (exact) mass is 620 g/mol. The number of phosphoric ester groups is 2. The Bertz CT molecular complexity index is 1560. The molecule has 3 aromatic heterocycles. The van der Waals surface area contributed by atoms with Gasteiger partial charge in [0.2, 0.25) is 0 Å². The van der Waals surface area contributed by atoms with Crippen LogP contribution in [0.4, 0.5) is 11.6 Å². The highest BCUT2D eigenvalue weighted by Gasteiger charge is 2.44. The molecular weight excluding hydrogens is 594 g/mol. The maximum atomic E-state index is 12.8. The summed E-state index contributed by atoms with van der Waals surface area (Å²) in [6, 6.07) is 1.31. The van der Waals surface area contributed by atoms with E-state index < -0.39 is 71.4 Å². The SMILES string of the molecule is Nc1ccn([C@H]2CC(OP(=O)(O)OC[C@H]3O[C@@H](n4cnc5c(N)ncnc54)CC3O)[C@@H](COP(=O)(O)O)O2)c(=O)n1. The third-order valence-corrected chi connectivity index (χ3v) is 7.82. The molecule has 3 aromatic rings. The van der Waals surface area contributed by atoms with E-state index >= 15 is 0 Å². The van der Waals surface area contributed by atoms with E-state index in [-0.39, 0.29) is 24.5 Å². The molecule has 2 aliphatic heterocycles. The van der Waals surface area contributed by atoms with Crippen molar-refractivity contribution in [2.75, 3.05) is 24.7 Å². The average molecular weight is 620 g/mol. The highest BCUT2D eigenvalue weighted by molar-refractivity contribution is 7.47. The van der Waals surface area contributed by atoms with Crippen molar-refractivity contribution in [2.45, 2.75) is 49.7 Å². The number of anilines is 2. The number of nitrogens with two attached hydrogens (primary N) is 2. The van der Waals surface area contributed by atoms with Gasteiger partial charge >= 0.3 is 21.3 Å². The van der Waals surface area contributed by atoms with Crippen LogP contribution in [-0.2, 0) is 32.2 Å². The van der Waals surface area contributed by atoms with E-state index in [1.54, 1.807) is 0 Å². The molecular formula is C19H26N8O12P2. The fourth-order valence-corrected chi connectivity index (χ4v) is 5.73. The van der Waals surface area contributed by atoms with Gasteiger partial charge in [-0.2, -0.15) is 4.98 Å². The van der Waals surface area contributed by atoms with Gasteiger partial charge in [0.15, 0.2) is 11.5 Å². The molecule has 2 aliphatic rings. The van der Waals surface area contributed by atoms with Gasteiger partial charge in [0.05, 0.1) is 25.6 Å². The summed E-state index contributed by atoms with van der Waals surface area (Å²) in [7, 11) is -9.83. The zero-order valence-electron chi connectivity index (χ0n) is 20.9. The number of aromatic nitrogens is 6. The van der Waals surface area contributed by atoms with Gasteiger partial charge in [-0.3, -0.25) is 22.7 Å². The number of ether oxygens (including phenoxy) is 2. The Kier molecular flexibility index (Phi) is 8.25. The maximum absolute atomic E-state index is 12.8. The Labute approximate surface area is 229 Å². The van der Waals surface area contributed by atoms with Gasteiger partial charge in [0.25, 0.3) is 0 Å². The van der Waals surface area contributed by atoms with Crippen LogP contribution in [-0.4, -0.2) is 86.5 Å². The maximum Gasteiger partial charge on any atom is 0.472 e. The summed E-state index contributed by atoms with van der Waals surface area (Å²) < 4.78 is 52.8. The molecule has 20 nitrogen and oxygen atoms in total. The summed E-state index contributed by atoms with van der Waals surface area (Å²) in [4.78, 5) is 56.5. The molecule has 0 saturated carbocycles. The Balaban J connectivity index is 1.24. The topological polar surface area (TPSA) is 292 Å². The molecule has 2 fully saturated rings. The molecule has 0 spiro atoms. The fraction of sp³-hybridized carbons (Fsp3) is 0.526. The number of hydrogen-bond donors (Lipinski definition) is 6. The average Bonchev–Trinajstić information content (AvgIpc) is 3.58. The minimum Gasteiger partial charge on any atom is -0.390 e. The smallest absolute Gasteiger partial charge is 0.390 e. The van der Waals surface area contributed by atoms with Crippen LogP contribution in [0.3, 0.4) is 0 Å². The molecule has 8 N–H and O–H groups in total. The van der Waals surface area contributed by atoms with Crippen LogP contribution < -0.4 is 17.2 Å². The van der Waals surface area contributed by atoms with E-state index in [4.69, 9.17) is 39.8 Å². The van der Waals surface area contributed by atoms with Crippen molar-refractivity contribution in [1.29, 1.82) is 0 Å². The lowest BCUT2D eigenvalue weighted by Gasteiger charge is -2.22. The van der Waals surface area contributed by atoms with E-state index in [0.717, 1.165) is 4.57 Å². The van der Waals surface area contributed by atoms with E-state index in [1.807, 2.05) is 0 Å².